The van der Waals surface area contributed by atoms with Gasteiger partial charge in [0.2, 0.25) is 0 Å². The van der Waals surface area contributed by atoms with Crippen LogP contribution in [0, 0.1) is 11.6 Å². The molecule has 2 aromatic carbocycles. The summed E-state index contributed by atoms with van der Waals surface area (Å²) < 4.78 is 28.2. The zero-order valence-electron chi connectivity index (χ0n) is 12.9. The summed E-state index contributed by atoms with van der Waals surface area (Å²) in [6.07, 6.45) is 3.95. The molecule has 2 aromatic rings. The highest BCUT2D eigenvalue weighted by Crippen LogP contribution is 2.44. The van der Waals surface area contributed by atoms with E-state index in [9.17, 15) is 8.78 Å². The Labute approximate surface area is 140 Å². The van der Waals surface area contributed by atoms with Crippen molar-refractivity contribution in [3.05, 3.63) is 82.4 Å². The lowest BCUT2D eigenvalue weighted by Crippen LogP contribution is -2.33. The predicted octanol–water partition coefficient (Wildman–Crippen LogP) is 6.23. The van der Waals surface area contributed by atoms with Crippen LogP contribution in [0.15, 0.2) is 54.6 Å². The van der Waals surface area contributed by atoms with Crippen LogP contribution in [0.5, 0.6) is 0 Å². The highest BCUT2D eigenvalue weighted by atomic mass is 35.5. The molecule has 0 saturated heterocycles. The summed E-state index contributed by atoms with van der Waals surface area (Å²) in [6.45, 7) is 4.05. The van der Waals surface area contributed by atoms with E-state index < -0.39 is 0 Å². The van der Waals surface area contributed by atoms with E-state index in [1.54, 1.807) is 0 Å². The van der Waals surface area contributed by atoms with Gasteiger partial charge in [-0.2, -0.15) is 0 Å². The summed E-state index contributed by atoms with van der Waals surface area (Å²) in [7, 11) is 0. The third-order valence-corrected chi connectivity index (χ3v) is 5.12. The first-order valence-corrected chi connectivity index (χ1v) is 8.23. The van der Waals surface area contributed by atoms with Crippen LogP contribution >= 0.6 is 11.6 Å². The molecule has 0 amide bonds. The molecule has 1 saturated carbocycles. The monoisotopic (exact) mass is 332 g/mol. The van der Waals surface area contributed by atoms with E-state index in [0.717, 1.165) is 31.2 Å². The minimum Gasteiger partial charge on any atom is -0.207 e. The van der Waals surface area contributed by atoms with Gasteiger partial charge in [-0.3, -0.25) is 0 Å². The SMILES string of the molecule is C=C1CCC(Cc2ccc(Cl)cc2)(c2cc(F)ccc2F)CC1. The molecule has 0 aromatic heterocycles. The van der Waals surface area contributed by atoms with Crippen molar-refractivity contribution in [2.24, 2.45) is 0 Å². The number of hydrogen-bond acceptors (Lipinski definition) is 0. The highest BCUT2D eigenvalue weighted by molar-refractivity contribution is 6.30. The van der Waals surface area contributed by atoms with E-state index >= 15 is 0 Å². The van der Waals surface area contributed by atoms with Gasteiger partial charge in [0.05, 0.1) is 0 Å². The topological polar surface area (TPSA) is 0 Å². The molecule has 0 N–H and O–H groups in total. The molecule has 0 radical (unpaired) electrons. The van der Waals surface area contributed by atoms with Crippen molar-refractivity contribution in [1.82, 2.24) is 0 Å². The lowest BCUT2D eigenvalue weighted by atomic mass is 9.65. The number of allylic oxidation sites excluding steroid dienone is 1. The third kappa shape index (κ3) is 3.48. The van der Waals surface area contributed by atoms with Gasteiger partial charge in [-0.05, 0) is 73.6 Å². The molecular weight excluding hydrogens is 314 g/mol. The Morgan fingerprint density at radius 1 is 1.00 bits per heavy atom. The van der Waals surface area contributed by atoms with E-state index in [4.69, 9.17) is 11.6 Å². The molecule has 0 aliphatic heterocycles. The molecule has 3 rings (SSSR count). The van der Waals surface area contributed by atoms with Gasteiger partial charge in [0.1, 0.15) is 11.6 Å². The fourth-order valence-electron chi connectivity index (χ4n) is 3.52. The smallest absolute Gasteiger partial charge is 0.127 e. The van der Waals surface area contributed by atoms with Crippen molar-refractivity contribution in [2.45, 2.75) is 37.5 Å². The third-order valence-electron chi connectivity index (χ3n) is 4.87. The number of benzene rings is 2. The van der Waals surface area contributed by atoms with E-state index in [2.05, 4.69) is 6.58 Å². The van der Waals surface area contributed by atoms with Crippen LogP contribution in [0.2, 0.25) is 5.02 Å². The fraction of sp³-hybridized carbons (Fsp3) is 0.300. The summed E-state index contributed by atoms with van der Waals surface area (Å²) in [5, 5.41) is 0.678. The fourth-order valence-corrected chi connectivity index (χ4v) is 3.65. The molecule has 0 atom stereocenters. The Morgan fingerprint density at radius 2 is 1.65 bits per heavy atom. The van der Waals surface area contributed by atoms with Crippen molar-refractivity contribution in [2.75, 3.05) is 0 Å². The van der Waals surface area contributed by atoms with Gasteiger partial charge >= 0.3 is 0 Å². The summed E-state index contributed by atoms with van der Waals surface area (Å²) in [6, 6.07) is 11.4. The Balaban J connectivity index is 2.02. The summed E-state index contributed by atoms with van der Waals surface area (Å²) in [4.78, 5) is 0. The maximum absolute atomic E-state index is 14.5. The molecular formula is C20H19ClF2. The molecule has 0 unspecified atom stereocenters. The molecule has 3 heteroatoms. The van der Waals surface area contributed by atoms with Gasteiger partial charge in [-0.25, -0.2) is 8.78 Å². The number of halogens is 3. The maximum Gasteiger partial charge on any atom is 0.127 e. The summed E-state index contributed by atoms with van der Waals surface area (Å²) >= 11 is 5.95. The second-order valence-corrected chi connectivity index (χ2v) is 6.89. The van der Waals surface area contributed by atoms with Gasteiger partial charge < -0.3 is 0 Å². The van der Waals surface area contributed by atoms with Gasteiger partial charge in [0, 0.05) is 10.4 Å². The second-order valence-electron chi connectivity index (χ2n) is 6.46. The van der Waals surface area contributed by atoms with E-state index in [-0.39, 0.29) is 17.0 Å². The van der Waals surface area contributed by atoms with E-state index in [1.165, 1.54) is 23.8 Å². The first-order chi connectivity index (χ1) is 11.0. The minimum atomic E-state index is -0.388. The zero-order valence-corrected chi connectivity index (χ0v) is 13.7. The standard InChI is InChI=1S/C20H19ClF2/c1-14-8-10-20(11-9-14,13-15-2-4-16(21)5-3-15)18-12-17(22)6-7-19(18)23/h2-7,12H,1,8-11,13H2. The molecule has 0 heterocycles. The van der Waals surface area contributed by atoms with Crippen molar-refractivity contribution >= 4 is 11.6 Å². The molecule has 1 aliphatic rings. The van der Waals surface area contributed by atoms with Crippen LogP contribution in [0.25, 0.3) is 0 Å². The average Bonchev–Trinajstić information content (AvgIpc) is 2.54. The van der Waals surface area contributed by atoms with Gasteiger partial charge in [-0.15, -0.1) is 0 Å². The van der Waals surface area contributed by atoms with Crippen LogP contribution in [-0.4, -0.2) is 0 Å². The normalized spacial score (nSPS) is 17.3. The largest absolute Gasteiger partial charge is 0.207 e. The number of hydrogen-bond donors (Lipinski definition) is 0. The van der Waals surface area contributed by atoms with Crippen LogP contribution in [0.4, 0.5) is 8.78 Å². The highest BCUT2D eigenvalue weighted by Gasteiger charge is 2.37. The molecule has 0 nitrogen and oxygen atoms in total. The van der Waals surface area contributed by atoms with Crippen LogP contribution < -0.4 is 0 Å². The predicted molar refractivity (Wildman–Crippen MR) is 90.8 cm³/mol. The van der Waals surface area contributed by atoms with Gasteiger partial charge in [0.15, 0.2) is 0 Å². The van der Waals surface area contributed by atoms with Gasteiger partial charge in [0.25, 0.3) is 0 Å². The molecule has 1 fully saturated rings. The quantitative estimate of drug-likeness (QED) is 0.584. The minimum absolute atomic E-state index is 0.326. The van der Waals surface area contributed by atoms with Crippen molar-refractivity contribution in [3.63, 3.8) is 0 Å². The first kappa shape index (κ1) is 16.2. The first-order valence-electron chi connectivity index (χ1n) is 7.85. The Morgan fingerprint density at radius 3 is 2.30 bits per heavy atom. The molecule has 23 heavy (non-hydrogen) atoms. The zero-order chi connectivity index (χ0) is 16.4. The average molecular weight is 333 g/mol. The van der Waals surface area contributed by atoms with Gasteiger partial charge in [-0.1, -0.05) is 35.9 Å². The summed E-state index contributed by atoms with van der Waals surface area (Å²) in [5.74, 6) is -0.714. The lowest BCUT2D eigenvalue weighted by molar-refractivity contribution is 0.315. The van der Waals surface area contributed by atoms with Crippen LogP contribution in [0.1, 0.15) is 36.8 Å². The molecule has 0 spiro atoms. The molecule has 1 aliphatic carbocycles. The molecule has 0 bridgehead atoms. The Bertz CT molecular complexity index is 709. The maximum atomic E-state index is 14.5. The van der Waals surface area contributed by atoms with Crippen LogP contribution in [0.3, 0.4) is 0 Å². The van der Waals surface area contributed by atoms with Crippen molar-refractivity contribution in [1.29, 1.82) is 0 Å². The lowest BCUT2D eigenvalue weighted by Gasteiger charge is -2.39. The van der Waals surface area contributed by atoms with Crippen molar-refractivity contribution < 1.29 is 8.78 Å². The second kappa shape index (κ2) is 6.45. The van der Waals surface area contributed by atoms with Crippen LogP contribution in [-0.2, 0) is 11.8 Å². The Kier molecular flexibility index (Phi) is 4.54. The number of rotatable bonds is 3. The summed E-state index contributed by atoms with van der Waals surface area (Å²) in [5.41, 5.74) is 2.38. The van der Waals surface area contributed by atoms with E-state index in [0.29, 0.717) is 17.0 Å². The molecule has 120 valence electrons. The van der Waals surface area contributed by atoms with E-state index in [1.807, 2.05) is 24.3 Å². The van der Waals surface area contributed by atoms with Crippen molar-refractivity contribution in [3.8, 4) is 0 Å². The Hall–Kier alpha value is -1.67.